The third-order valence-electron chi connectivity index (χ3n) is 4.46. The van der Waals surface area contributed by atoms with Crippen molar-refractivity contribution < 1.29 is 13.7 Å². The monoisotopic (exact) mass is 353 g/mol. The number of aryl methyl sites for hydroxylation is 1. The van der Waals surface area contributed by atoms with Gasteiger partial charge in [-0.1, -0.05) is 55.8 Å². The molecule has 0 unspecified atom stereocenters. The molecule has 3 rings (SSSR count). The minimum absolute atomic E-state index is 0.0306. The minimum atomic E-state index is -0.320. The van der Waals surface area contributed by atoms with Crippen LogP contribution in [-0.2, 0) is 11.2 Å². The van der Waals surface area contributed by atoms with Crippen LogP contribution in [0, 0.1) is 5.92 Å². The maximum atomic E-state index is 12.4. The van der Waals surface area contributed by atoms with Crippen molar-refractivity contribution in [2.75, 3.05) is 0 Å². The van der Waals surface area contributed by atoms with Gasteiger partial charge in [-0.3, -0.25) is 4.79 Å². The van der Waals surface area contributed by atoms with Crippen molar-refractivity contribution in [1.82, 2.24) is 15.5 Å². The Labute approximate surface area is 152 Å². The molecule has 2 atom stereocenters. The van der Waals surface area contributed by atoms with Gasteiger partial charge in [0.25, 0.3) is 0 Å². The van der Waals surface area contributed by atoms with Gasteiger partial charge in [-0.15, -0.1) is 0 Å². The second-order valence-corrected chi connectivity index (χ2v) is 6.35. The van der Waals surface area contributed by atoms with E-state index in [4.69, 9.17) is 8.94 Å². The SMILES string of the molecule is CC[C@@H](C)[C@@H](NC(=O)CCc1ccccc1)c1nc(-c2ccco2)no1. The zero-order valence-corrected chi connectivity index (χ0v) is 15.0. The van der Waals surface area contributed by atoms with Crippen LogP contribution in [0.2, 0.25) is 0 Å². The smallest absolute Gasteiger partial charge is 0.249 e. The van der Waals surface area contributed by atoms with Crippen molar-refractivity contribution in [3.05, 3.63) is 60.2 Å². The van der Waals surface area contributed by atoms with Crippen LogP contribution in [0.1, 0.15) is 44.2 Å². The fourth-order valence-corrected chi connectivity index (χ4v) is 2.70. The number of benzene rings is 1. The molecule has 1 aromatic carbocycles. The topological polar surface area (TPSA) is 81.2 Å². The molecule has 6 nitrogen and oxygen atoms in total. The van der Waals surface area contributed by atoms with Crippen molar-refractivity contribution in [2.24, 2.45) is 5.92 Å². The number of carbonyl (C=O) groups excluding carboxylic acids is 1. The van der Waals surface area contributed by atoms with E-state index in [0.29, 0.717) is 30.3 Å². The molecular weight excluding hydrogens is 330 g/mol. The molecule has 1 N–H and O–H groups in total. The molecule has 0 saturated heterocycles. The summed E-state index contributed by atoms with van der Waals surface area (Å²) in [6, 6.07) is 13.2. The number of furan rings is 1. The molecule has 136 valence electrons. The first-order chi connectivity index (χ1) is 12.7. The first-order valence-electron chi connectivity index (χ1n) is 8.88. The number of carbonyl (C=O) groups is 1. The molecule has 26 heavy (non-hydrogen) atoms. The molecule has 0 aliphatic rings. The van der Waals surface area contributed by atoms with Gasteiger partial charge in [0, 0.05) is 6.42 Å². The summed E-state index contributed by atoms with van der Waals surface area (Å²) in [6.07, 6.45) is 3.54. The summed E-state index contributed by atoms with van der Waals surface area (Å²) in [4.78, 5) is 16.8. The molecule has 0 aliphatic heterocycles. The van der Waals surface area contributed by atoms with Crippen LogP contribution in [0.5, 0.6) is 0 Å². The number of hydrogen-bond donors (Lipinski definition) is 1. The van der Waals surface area contributed by atoms with Crippen molar-refractivity contribution in [2.45, 2.75) is 39.2 Å². The Morgan fingerprint density at radius 2 is 2.00 bits per heavy atom. The predicted octanol–water partition coefficient (Wildman–Crippen LogP) is 4.17. The predicted molar refractivity (Wildman–Crippen MR) is 97.1 cm³/mol. The van der Waals surface area contributed by atoms with E-state index in [1.54, 1.807) is 18.4 Å². The van der Waals surface area contributed by atoms with Crippen molar-refractivity contribution in [3.63, 3.8) is 0 Å². The average Bonchev–Trinajstić information content (AvgIpc) is 3.36. The van der Waals surface area contributed by atoms with Crippen LogP contribution in [0.25, 0.3) is 11.6 Å². The molecule has 3 aromatic rings. The molecule has 0 bridgehead atoms. The molecule has 6 heteroatoms. The first-order valence-corrected chi connectivity index (χ1v) is 8.88. The fourth-order valence-electron chi connectivity index (χ4n) is 2.70. The summed E-state index contributed by atoms with van der Waals surface area (Å²) in [6.45, 7) is 4.12. The second kappa shape index (κ2) is 8.47. The summed E-state index contributed by atoms with van der Waals surface area (Å²) in [5, 5.41) is 7.01. The first kappa shape index (κ1) is 17.9. The van der Waals surface area contributed by atoms with Gasteiger partial charge in [0.15, 0.2) is 5.76 Å². The highest BCUT2D eigenvalue weighted by Crippen LogP contribution is 2.26. The van der Waals surface area contributed by atoms with E-state index in [-0.39, 0.29) is 17.9 Å². The Morgan fingerprint density at radius 3 is 2.69 bits per heavy atom. The number of nitrogens with one attached hydrogen (secondary N) is 1. The lowest BCUT2D eigenvalue weighted by Gasteiger charge is -2.20. The second-order valence-electron chi connectivity index (χ2n) is 6.35. The Hall–Kier alpha value is -2.89. The zero-order chi connectivity index (χ0) is 18.4. The van der Waals surface area contributed by atoms with Crippen molar-refractivity contribution in [1.29, 1.82) is 0 Å². The van der Waals surface area contributed by atoms with Crippen molar-refractivity contribution in [3.8, 4) is 11.6 Å². The Bertz CT molecular complexity index is 812. The highest BCUT2D eigenvalue weighted by Gasteiger charge is 2.26. The van der Waals surface area contributed by atoms with Crippen LogP contribution in [-0.4, -0.2) is 16.0 Å². The van der Waals surface area contributed by atoms with Crippen molar-refractivity contribution >= 4 is 5.91 Å². The quantitative estimate of drug-likeness (QED) is 0.657. The Balaban J connectivity index is 1.67. The van der Waals surface area contributed by atoms with E-state index >= 15 is 0 Å². The summed E-state index contributed by atoms with van der Waals surface area (Å²) >= 11 is 0. The molecule has 2 heterocycles. The van der Waals surface area contributed by atoms with Crippen LogP contribution < -0.4 is 5.32 Å². The number of hydrogen-bond acceptors (Lipinski definition) is 5. The van der Waals surface area contributed by atoms with Crippen LogP contribution in [0.15, 0.2) is 57.7 Å². The Kier molecular flexibility index (Phi) is 5.84. The lowest BCUT2D eigenvalue weighted by Crippen LogP contribution is -2.32. The minimum Gasteiger partial charge on any atom is -0.461 e. The van der Waals surface area contributed by atoms with Crippen LogP contribution >= 0.6 is 0 Å². The number of amides is 1. The van der Waals surface area contributed by atoms with E-state index in [9.17, 15) is 4.79 Å². The van der Waals surface area contributed by atoms with Gasteiger partial charge in [0.1, 0.15) is 6.04 Å². The third-order valence-corrected chi connectivity index (χ3v) is 4.46. The molecule has 0 fully saturated rings. The van der Waals surface area contributed by atoms with Crippen LogP contribution in [0.4, 0.5) is 0 Å². The highest BCUT2D eigenvalue weighted by atomic mass is 16.5. The maximum Gasteiger partial charge on any atom is 0.249 e. The molecule has 0 saturated carbocycles. The normalized spacial score (nSPS) is 13.3. The average molecular weight is 353 g/mol. The molecule has 2 aromatic heterocycles. The maximum absolute atomic E-state index is 12.4. The molecule has 0 spiro atoms. The summed E-state index contributed by atoms with van der Waals surface area (Å²) in [7, 11) is 0. The van der Waals surface area contributed by atoms with E-state index in [1.165, 1.54) is 0 Å². The zero-order valence-electron chi connectivity index (χ0n) is 15.0. The van der Waals surface area contributed by atoms with E-state index in [1.807, 2.05) is 30.3 Å². The van der Waals surface area contributed by atoms with Gasteiger partial charge < -0.3 is 14.3 Å². The van der Waals surface area contributed by atoms with Gasteiger partial charge in [-0.25, -0.2) is 0 Å². The Morgan fingerprint density at radius 1 is 1.19 bits per heavy atom. The van der Waals surface area contributed by atoms with E-state index in [0.717, 1.165) is 12.0 Å². The van der Waals surface area contributed by atoms with Gasteiger partial charge in [0.2, 0.25) is 17.6 Å². The van der Waals surface area contributed by atoms with E-state index < -0.39 is 0 Å². The number of aromatic nitrogens is 2. The van der Waals surface area contributed by atoms with Gasteiger partial charge >= 0.3 is 0 Å². The fraction of sp³-hybridized carbons (Fsp3) is 0.350. The lowest BCUT2D eigenvalue weighted by molar-refractivity contribution is -0.122. The summed E-state index contributed by atoms with van der Waals surface area (Å²) < 4.78 is 10.7. The van der Waals surface area contributed by atoms with Crippen LogP contribution in [0.3, 0.4) is 0 Å². The largest absolute Gasteiger partial charge is 0.461 e. The standard InChI is InChI=1S/C20H23N3O3/c1-3-14(2)18(20-22-19(23-26-20)16-10-7-13-25-16)21-17(24)12-11-15-8-5-4-6-9-15/h4-10,13-14,18H,3,11-12H2,1-2H3,(H,21,24)/t14-,18-/m1/s1. The summed E-state index contributed by atoms with van der Waals surface area (Å²) in [5.74, 6) is 1.46. The number of rotatable bonds is 8. The molecule has 1 amide bonds. The van der Waals surface area contributed by atoms with Gasteiger partial charge in [-0.2, -0.15) is 4.98 Å². The third kappa shape index (κ3) is 4.39. The molecular formula is C20H23N3O3. The summed E-state index contributed by atoms with van der Waals surface area (Å²) in [5.41, 5.74) is 1.14. The molecule has 0 radical (unpaired) electrons. The lowest BCUT2D eigenvalue weighted by atomic mass is 9.98. The molecule has 0 aliphatic carbocycles. The van der Waals surface area contributed by atoms with Gasteiger partial charge in [0.05, 0.1) is 6.26 Å². The highest BCUT2D eigenvalue weighted by molar-refractivity contribution is 5.76. The van der Waals surface area contributed by atoms with Gasteiger partial charge in [-0.05, 0) is 30.0 Å². The number of nitrogens with zero attached hydrogens (tertiary/aromatic N) is 2. The van der Waals surface area contributed by atoms with E-state index in [2.05, 4.69) is 29.3 Å².